The number of hydrogen-bond acceptors (Lipinski definition) is 3. The summed E-state index contributed by atoms with van der Waals surface area (Å²) >= 11 is 0. The fourth-order valence-electron chi connectivity index (χ4n) is 3.02. The van der Waals surface area contributed by atoms with Crippen LogP contribution in [0.4, 0.5) is 4.79 Å². The summed E-state index contributed by atoms with van der Waals surface area (Å²) in [7, 11) is 0. The number of carbonyl (C=O) groups excluding carboxylic acids is 1. The van der Waals surface area contributed by atoms with Gasteiger partial charge in [0.2, 0.25) is 0 Å². The van der Waals surface area contributed by atoms with Gasteiger partial charge in [0.05, 0.1) is 17.7 Å². The van der Waals surface area contributed by atoms with Gasteiger partial charge in [0.15, 0.2) is 0 Å². The SMILES string of the molecule is C=C1CCN(C(=O)OCc2ccccc2)C(c2ccc(C#N)cc2)C1. The van der Waals surface area contributed by atoms with E-state index in [1.54, 1.807) is 17.0 Å². The van der Waals surface area contributed by atoms with Crippen molar-refractivity contribution in [3.63, 3.8) is 0 Å². The molecule has 3 rings (SSSR count). The topological polar surface area (TPSA) is 53.3 Å². The van der Waals surface area contributed by atoms with Crippen LogP contribution in [0.15, 0.2) is 66.7 Å². The maximum Gasteiger partial charge on any atom is 0.410 e. The molecular weight excluding hydrogens is 312 g/mol. The summed E-state index contributed by atoms with van der Waals surface area (Å²) in [6.45, 7) is 4.94. The molecule has 1 atom stereocenters. The van der Waals surface area contributed by atoms with E-state index in [4.69, 9.17) is 10.00 Å². The average Bonchev–Trinajstić information content (AvgIpc) is 2.67. The highest BCUT2D eigenvalue weighted by Gasteiger charge is 2.30. The minimum Gasteiger partial charge on any atom is -0.445 e. The number of likely N-dealkylation sites (tertiary alicyclic amines) is 1. The summed E-state index contributed by atoms with van der Waals surface area (Å²) < 4.78 is 5.50. The summed E-state index contributed by atoms with van der Waals surface area (Å²) in [5.74, 6) is 0. The Bertz CT molecular complexity index is 791. The lowest BCUT2D eigenvalue weighted by Crippen LogP contribution is -2.39. The summed E-state index contributed by atoms with van der Waals surface area (Å²) in [6, 6.07) is 19.0. The van der Waals surface area contributed by atoms with E-state index in [0.29, 0.717) is 18.5 Å². The molecule has 0 bridgehead atoms. The molecule has 0 saturated carbocycles. The minimum absolute atomic E-state index is 0.0998. The van der Waals surface area contributed by atoms with Crippen LogP contribution in [0.5, 0.6) is 0 Å². The number of rotatable bonds is 3. The highest BCUT2D eigenvalue weighted by molar-refractivity contribution is 5.69. The van der Waals surface area contributed by atoms with Gasteiger partial charge in [0, 0.05) is 6.54 Å². The average molecular weight is 332 g/mol. The van der Waals surface area contributed by atoms with Crippen LogP contribution < -0.4 is 0 Å². The van der Waals surface area contributed by atoms with Crippen molar-refractivity contribution in [3.05, 3.63) is 83.4 Å². The van der Waals surface area contributed by atoms with E-state index in [2.05, 4.69) is 12.6 Å². The van der Waals surface area contributed by atoms with Gasteiger partial charge in [-0.15, -0.1) is 0 Å². The molecule has 2 aromatic carbocycles. The summed E-state index contributed by atoms with van der Waals surface area (Å²) in [5.41, 5.74) is 3.70. The second-order valence-electron chi connectivity index (χ2n) is 6.19. The van der Waals surface area contributed by atoms with Crippen LogP contribution in [0.3, 0.4) is 0 Å². The summed E-state index contributed by atoms with van der Waals surface area (Å²) in [6.07, 6.45) is 1.19. The van der Waals surface area contributed by atoms with Crippen molar-refractivity contribution >= 4 is 6.09 Å². The van der Waals surface area contributed by atoms with Gasteiger partial charge >= 0.3 is 6.09 Å². The van der Waals surface area contributed by atoms with Gasteiger partial charge < -0.3 is 9.64 Å². The Morgan fingerprint density at radius 2 is 1.92 bits per heavy atom. The zero-order valence-corrected chi connectivity index (χ0v) is 14.0. The first-order valence-electron chi connectivity index (χ1n) is 8.31. The molecule has 1 heterocycles. The number of hydrogen-bond donors (Lipinski definition) is 0. The van der Waals surface area contributed by atoms with Crippen molar-refractivity contribution in [2.24, 2.45) is 0 Å². The molecule has 1 saturated heterocycles. The van der Waals surface area contributed by atoms with Gasteiger partial charge in [-0.1, -0.05) is 54.6 Å². The van der Waals surface area contributed by atoms with E-state index in [1.807, 2.05) is 42.5 Å². The van der Waals surface area contributed by atoms with Gasteiger partial charge in [0.25, 0.3) is 0 Å². The second kappa shape index (κ2) is 7.67. The Kier molecular flexibility index (Phi) is 5.15. The second-order valence-corrected chi connectivity index (χ2v) is 6.19. The Balaban J connectivity index is 1.73. The van der Waals surface area contributed by atoms with E-state index < -0.39 is 0 Å². The fourth-order valence-corrected chi connectivity index (χ4v) is 3.02. The number of ether oxygens (including phenoxy) is 1. The van der Waals surface area contributed by atoms with Crippen LogP contribution in [0, 0.1) is 11.3 Å². The molecule has 0 aromatic heterocycles. The van der Waals surface area contributed by atoms with Crippen LogP contribution >= 0.6 is 0 Å². The van der Waals surface area contributed by atoms with Gasteiger partial charge in [-0.25, -0.2) is 4.79 Å². The normalized spacial score (nSPS) is 17.0. The van der Waals surface area contributed by atoms with Crippen molar-refractivity contribution in [1.29, 1.82) is 5.26 Å². The molecule has 1 amide bonds. The third-order valence-electron chi connectivity index (χ3n) is 4.43. The van der Waals surface area contributed by atoms with Crippen LogP contribution in [0.2, 0.25) is 0 Å². The Hall–Kier alpha value is -3.06. The lowest BCUT2D eigenvalue weighted by Gasteiger charge is -2.36. The smallest absolute Gasteiger partial charge is 0.410 e. The quantitative estimate of drug-likeness (QED) is 0.773. The number of amides is 1. The molecule has 0 radical (unpaired) electrons. The van der Waals surface area contributed by atoms with Crippen LogP contribution in [0.1, 0.15) is 35.6 Å². The van der Waals surface area contributed by atoms with Crippen molar-refractivity contribution in [2.45, 2.75) is 25.5 Å². The molecule has 1 fully saturated rings. The highest BCUT2D eigenvalue weighted by Crippen LogP contribution is 2.33. The third kappa shape index (κ3) is 4.07. The van der Waals surface area contributed by atoms with Crippen molar-refractivity contribution in [1.82, 2.24) is 4.90 Å². The summed E-state index contributed by atoms with van der Waals surface area (Å²) in [4.78, 5) is 14.4. The molecular formula is C21H20N2O2. The Morgan fingerprint density at radius 1 is 1.20 bits per heavy atom. The van der Waals surface area contributed by atoms with Crippen molar-refractivity contribution < 1.29 is 9.53 Å². The molecule has 0 N–H and O–H groups in total. The molecule has 4 heteroatoms. The van der Waals surface area contributed by atoms with Crippen LogP contribution in [-0.2, 0) is 11.3 Å². The monoisotopic (exact) mass is 332 g/mol. The maximum absolute atomic E-state index is 12.6. The van der Waals surface area contributed by atoms with E-state index in [-0.39, 0.29) is 18.7 Å². The Morgan fingerprint density at radius 3 is 2.60 bits per heavy atom. The van der Waals surface area contributed by atoms with E-state index in [9.17, 15) is 4.79 Å². The lowest BCUT2D eigenvalue weighted by molar-refractivity contribution is 0.0747. The van der Waals surface area contributed by atoms with Crippen molar-refractivity contribution in [2.75, 3.05) is 6.54 Å². The fraction of sp³-hybridized carbons (Fsp3) is 0.238. The minimum atomic E-state index is -0.314. The zero-order valence-electron chi connectivity index (χ0n) is 14.0. The molecule has 0 aliphatic carbocycles. The standard InChI is InChI=1S/C21H20N2O2/c1-16-11-12-23(21(24)25-15-18-5-3-2-4-6-18)20(13-16)19-9-7-17(14-22)8-10-19/h2-10,20H,1,11-13,15H2. The first-order valence-corrected chi connectivity index (χ1v) is 8.31. The maximum atomic E-state index is 12.6. The predicted molar refractivity (Wildman–Crippen MR) is 95.6 cm³/mol. The summed E-state index contributed by atoms with van der Waals surface area (Å²) in [5, 5.41) is 8.95. The van der Waals surface area contributed by atoms with Gasteiger partial charge in [0.1, 0.15) is 6.61 Å². The Labute approximate surface area is 148 Å². The number of nitrogens with zero attached hydrogens (tertiary/aromatic N) is 2. The molecule has 2 aromatic rings. The lowest BCUT2D eigenvalue weighted by atomic mass is 9.92. The molecule has 1 aliphatic heterocycles. The predicted octanol–water partition coefficient (Wildman–Crippen LogP) is 4.59. The largest absolute Gasteiger partial charge is 0.445 e. The zero-order chi connectivity index (χ0) is 17.6. The molecule has 1 unspecified atom stereocenters. The van der Waals surface area contributed by atoms with Crippen molar-refractivity contribution in [3.8, 4) is 6.07 Å². The highest BCUT2D eigenvalue weighted by atomic mass is 16.6. The van der Waals surface area contributed by atoms with Gasteiger partial charge in [-0.05, 0) is 36.1 Å². The first kappa shape index (κ1) is 16.8. The van der Waals surface area contributed by atoms with E-state index in [1.165, 1.54) is 0 Å². The van der Waals surface area contributed by atoms with Crippen LogP contribution in [-0.4, -0.2) is 17.5 Å². The molecule has 4 nitrogen and oxygen atoms in total. The van der Waals surface area contributed by atoms with Crippen LogP contribution in [0.25, 0.3) is 0 Å². The van der Waals surface area contributed by atoms with Gasteiger partial charge in [-0.3, -0.25) is 0 Å². The molecule has 126 valence electrons. The molecule has 0 spiro atoms. The number of piperidine rings is 1. The molecule has 1 aliphatic rings. The van der Waals surface area contributed by atoms with Gasteiger partial charge in [-0.2, -0.15) is 5.26 Å². The molecule has 25 heavy (non-hydrogen) atoms. The first-order chi connectivity index (χ1) is 12.2. The van der Waals surface area contributed by atoms with E-state index in [0.717, 1.165) is 23.1 Å². The third-order valence-corrected chi connectivity index (χ3v) is 4.43. The number of benzene rings is 2. The van der Waals surface area contributed by atoms with E-state index >= 15 is 0 Å². The number of nitriles is 1. The number of carbonyl (C=O) groups is 1.